The molecule has 0 radical (unpaired) electrons. The van der Waals surface area contributed by atoms with Gasteiger partial charge in [-0.2, -0.15) is 0 Å². The first-order valence-electron chi connectivity index (χ1n) is 7.69. The van der Waals surface area contributed by atoms with Crippen LogP contribution in [0.3, 0.4) is 0 Å². The van der Waals surface area contributed by atoms with Crippen LogP contribution in [0.2, 0.25) is 10.0 Å². The van der Waals surface area contributed by atoms with Crippen LogP contribution in [0.15, 0.2) is 23.0 Å². The number of aromatic nitrogens is 2. The minimum absolute atomic E-state index is 0.205. The zero-order valence-electron chi connectivity index (χ0n) is 14.2. The van der Waals surface area contributed by atoms with E-state index in [1.165, 1.54) is 0 Å². The molecule has 130 valence electrons. The second kappa shape index (κ2) is 8.01. The maximum atomic E-state index is 12.3. The Kier molecular flexibility index (Phi) is 6.27. The second-order valence-corrected chi connectivity index (χ2v) is 6.39. The lowest BCUT2D eigenvalue weighted by Gasteiger charge is -2.22. The summed E-state index contributed by atoms with van der Waals surface area (Å²) < 4.78 is 5.61. The van der Waals surface area contributed by atoms with Gasteiger partial charge in [-0.05, 0) is 25.5 Å². The summed E-state index contributed by atoms with van der Waals surface area (Å²) in [5, 5.41) is 0.943. The molecule has 7 heteroatoms. The summed E-state index contributed by atoms with van der Waals surface area (Å²) >= 11 is 12.6. The Morgan fingerprint density at radius 1 is 1.33 bits per heavy atom. The molecule has 0 spiro atoms. The summed E-state index contributed by atoms with van der Waals surface area (Å²) in [6, 6.07) is 5.24. The van der Waals surface area contributed by atoms with Gasteiger partial charge in [0.15, 0.2) is 0 Å². The molecule has 1 heterocycles. The summed E-state index contributed by atoms with van der Waals surface area (Å²) in [6.45, 7) is 4.54. The number of ether oxygens (including phenoxy) is 1. The van der Waals surface area contributed by atoms with Crippen molar-refractivity contribution in [3.63, 3.8) is 0 Å². The van der Waals surface area contributed by atoms with Crippen molar-refractivity contribution in [3.8, 4) is 0 Å². The van der Waals surface area contributed by atoms with Crippen LogP contribution in [0.5, 0.6) is 0 Å². The Balaban J connectivity index is 2.62. The van der Waals surface area contributed by atoms with Crippen LogP contribution in [0.1, 0.15) is 36.3 Å². The number of nitrogens with zero attached hydrogens (tertiary/aromatic N) is 2. The van der Waals surface area contributed by atoms with Crippen molar-refractivity contribution in [2.24, 2.45) is 0 Å². The van der Waals surface area contributed by atoms with Gasteiger partial charge in [-0.3, -0.25) is 9.78 Å². The fraction of sp³-hybridized carbons (Fsp3) is 0.412. The normalized spacial score (nSPS) is 12.2. The van der Waals surface area contributed by atoms with E-state index in [1.54, 1.807) is 32.2 Å². The van der Waals surface area contributed by atoms with Gasteiger partial charge in [0.2, 0.25) is 5.95 Å². The van der Waals surface area contributed by atoms with Gasteiger partial charge in [0.25, 0.3) is 5.56 Å². The number of anilines is 1. The third-order valence-corrected chi connectivity index (χ3v) is 4.50. The molecule has 0 fully saturated rings. The smallest absolute Gasteiger partial charge is 0.255 e. The van der Waals surface area contributed by atoms with Crippen molar-refractivity contribution in [2.45, 2.75) is 26.4 Å². The Labute approximate surface area is 151 Å². The number of halogens is 2. The van der Waals surface area contributed by atoms with Crippen LogP contribution in [-0.2, 0) is 4.74 Å². The molecule has 0 aliphatic heterocycles. The first-order valence-corrected chi connectivity index (χ1v) is 8.44. The standard InChI is InChI=1S/C17H21Cl2N3O2/c1-5-9-22(3)17-20-14(10(2)16(23)21-17)15(24-4)13-11(18)7-6-8-12(13)19/h6-8,15H,5,9H2,1-4H3,(H,20,21,23)/t15-/m0/s1. The van der Waals surface area contributed by atoms with E-state index in [2.05, 4.69) is 16.9 Å². The molecule has 1 atom stereocenters. The maximum Gasteiger partial charge on any atom is 0.255 e. The molecule has 24 heavy (non-hydrogen) atoms. The molecule has 2 aromatic rings. The first-order chi connectivity index (χ1) is 11.4. The van der Waals surface area contributed by atoms with Crippen LogP contribution in [0.25, 0.3) is 0 Å². The van der Waals surface area contributed by atoms with Gasteiger partial charge in [0, 0.05) is 41.9 Å². The number of H-pyrrole nitrogens is 1. The highest BCUT2D eigenvalue weighted by Gasteiger charge is 2.25. The Bertz CT molecular complexity index is 757. The lowest BCUT2D eigenvalue weighted by atomic mass is 10.0. The number of nitrogens with one attached hydrogen (secondary N) is 1. The molecule has 0 amide bonds. The average molecular weight is 370 g/mol. The Morgan fingerprint density at radius 2 is 1.96 bits per heavy atom. The zero-order chi connectivity index (χ0) is 17.9. The minimum atomic E-state index is -0.623. The molecular formula is C17H21Cl2N3O2. The molecule has 0 aliphatic rings. The molecule has 2 rings (SSSR count). The summed E-state index contributed by atoms with van der Waals surface area (Å²) in [6.07, 6.45) is 0.315. The lowest BCUT2D eigenvalue weighted by Crippen LogP contribution is -2.27. The molecule has 5 nitrogen and oxygen atoms in total. The van der Waals surface area contributed by atoms with Crippen LogP contribution in [0.4, 0.5) is 5.95 Å². The molecular weight excluding hydrogens is 349 g/mol. The summed E-state index contributed by atoms with van der Waals surface area (Å²) in [5.41, 5.74) is 1.39. The van der Waals surface area contributed by atoms with Crippen molar-refractivity contribution < 1.29 is 4.74 Å². The summed E-state index contributed by atoms with van der Waals surface area (Å²) in [4.78, 5) is 21.6. The molecule has 1 N–H and O–H groups in total. The molecule has 0 saturated carbocycles. The van der Waals surface area contributed by atoms with Gasteiger partial charge in [0.1, 0.15) is 6.10 Å². The van der Waals surface area contributed by atoms with E-state index >= 15 is 0 Å². The van der Waals surface area contributed by atoms with E-state index in [0.717, 1.165) is 13.0 Å². The third-order valence-electron chi connectivity index (χ3n) is 3.84. The fourth-order valence-corrected chi connectivity index (χ4v) is 3.14. The van der Waals surface area contributed by atoms with Gasteiger partial charge < -0.3 is 9.64 Å². The van der Waals surface area contributed by atoms with Gasteiger partial charge in [-0.15, -0.1) is 0 Å². The highest BCUT2D eigenvalue weighted by Crippen LogP contribution is 2.36. The molecule has 0 aliphatic carbocycles. The van der Waals surface area contributed by atoms with Crippen LogP contribution < -0.4 is 10.5 Å². The quantitative estimate of drug-likeness (QED) is 0.836. The predicted molar refractivity (Wildman–Crippen MR) is 98.5 cm³/mol. The SMILES string of the molecule is CCCN(C)c1nc([C@@H](OC)c2c(Cl)cccc2Cl)c(C)c(=O)[nH]1. The monoisotopic (exact) mass is 369 g/mol. The number of hydrogen-bond acceptors (Lipinski definition) is 4. The number of aromatic amines is 1. The van der Waals surface area contributed by atoms with Crippen molar-refractivity contribution in [2.75, 3.05) is 25.6 Å². The second-order valence-electron chi connectivity index (χ2n) is 5.57. The zero-order valence-corrected chi connectivity index (χ0v) is 15.7. The Hall–Kier alpha value is -1.56. The Morgan fingerprint density at radius 3 is 2.50 bits per heavy atom. The van der Waals surface area contributed by atoms with Crippen LogP contribution in [-0.4, -0.2) is 30.7 Å². The van der Waals surface area contributed by atoms with E-state index in [0.29, 0.717) is 32.8 Å². The van der Waals surface area contributed by atoms with Gasteiger partial charge >= 0.3 is 0 Å². The number of methoxy groups -OCH3 is 1. The van der Waals surface area contributed by atoms with Gasteiger partial charge in [-0.1, -0.05) is 36.2 Å². The van der Waals surface area contributed by atoms with Crippen LogP contribution in [0, 0.1) is 6.92 Å². The van der Waals surface area contributed by atoms with E-state index in [4.69, 9.17) is 27.9 Å². The minimum Gasteiger partial charge on any atom is -0.370 e. The topological polar surface area (TPSA) is 58.2 Å². The fourth-order valence-electron chi connectivity index (χ4n) is 2.54. The maximum absolute atomic E-state index is 12.3. The van der Waals surface area contributed by atoms with Crippen LogP contribution >= 0.6 is 23.2 Å². The van der Waals surface area contributed by atoms with E-state index < -0.39 is 6.10 Å². The summed E-state index contributed by atoms with van der Waals surface area (Å²) in [7, 11) is 3.42. The molecule has 0 unspecified atom stereocenters. The number of benzene rings is 1. The molecule has 0 bridgehead atoms. The van der Waals surface area contributed by atoms with E-state index in [-0.39, 0.29) is 5.56 Å². The highest BCUT2D eigenvalue weighted by molar-refractivity contribution is 6.36. The largest absolute Gasteiger partial charge is 0.370 e. The van der Waals surface area contributed by atoms with E-state index in [9.17, 15) is 4.79 Å². The van der Waals surface area contributed by atoms with Crippen molar-refractivity contribution in [3.05, 3.63) is 55.4 Å². The van der Waals surface area contributed by atoms with Gasteiger partial charge in [0.05, 0.1) is 5.69 Å². The first kappa shape index (κ1) is 18.8. The number of hydrogen-bond donors (Lipinski definition) is 1. The number of rotatable bonds is 6. The predicted octanol–water partition coefficient (Wildman–Crippen LogP) is 3.97. The summed E-state index contributed by atoms with van der Waals surface area (Å²) in [5.74, 6) is 0.493. The average Bonchev–Trinajstić information content (AvgIpc) is 2.54. The van der Waals surface area contributed by atoms with E-state index in [1.807, 2.05) is 11.9 Å². The highest BCUT2D eigenvalue weighted by atomic mass is 35.5. The lowest BCUT2D eigenvalue weighted by molar-refractivity contribution is 0.132. The van der Waals surface area contributed by atoms with Crippen molar-refractivity contribution in [1.29, 1.82) is 0 Å². The van der Waals surface area contributed by atoms with Crippen molar-refractivity contribution in [1.82, 2.24) is 9.97 Å². The van der Waals surface area contributed by atoms with Gasteiger partial charge in [-0.25, -0.2) is 4.98 Å². The third kappa shape index (κ3) is 3.74. The molecule has 1 aromatic carbocycles. The van der Waals surface area contributed by atoms with Crippen molar-refractivity contribution >= 4 is 29.2 Å². The molecule has 1 aromatic heterocycles. The molecule has 0 saturated heterocycles.